The van der Waals surface area contributed by atoms with Crippen LogP contribution in [-0.2, 0) is 4.74 Å². The molecule has 0 amide bonds. The number of carbonyl (C=O) groups is 1. The molecule has 0 saturated heterocycles. The maximum atomic E-state index is 15.0. The number of benzene rings is 1. The molecule has 1 fully saturated rings. The topological polar surface area (TPSA) is 66.1 Å². The Bertz CT molecular complexity index is 1300. The molecule has 1 saturated carbocycles. The maximum absolute atomic E-state index is 15.0. The number of hydrogen-bond donors (Lipinski definition) is 0. The summed E-state index contributed by atoms with van der Waals surface area (Å²) in [5.41, 5.74) is -0.280. The zero-order valence-electron chi connectivity index (χ0n) is 15.8. The summed E-state index contributed by atoms with van der Waals surface area (Å²) in [5, 5.41) is 2.01. The van der Waals surface area contributed by atoms with Gasteiger partial charge >= 0.3 is 5.97 Å². The van der Waals surface area contributed by atoms with Gasteiger partial charge in [0.15, 0.2) is 11.6 Å². The third kappa shape index (κ3) is 2.90. The van der Waals surface area contributed by atoms with Crippen LogP contribution in [0.2, 0.25) is 0 Å². The van der Waals surface area contributed by atoms with Crippen molar-refractivity contribution in [3.8, 4) is 5.82 Å². The number of carbonyl (C=O) groups excluding carboxylic acids is 1. The number of fused-ring (bicyclic) bond motifs is 2. The molecule has 146 valence electrons. The predicted molar refractivity (Wildman–Crippen MR) is 107 cm³/mol. The Labute approximate surface area is 165 Å². The van der Waals surface area contributed by atoms with Crippen molar-refractivity contribution >= 4 is 27.8 Å². The van der Waals surface area contributed by atoms with Gasteiger partial charge in [-0.25, -0.2) is 14.2 Å². The van der Waals surface area contributed by atoms with Crippen molar-refractivity contribution in [3.05, 3.63) is 70.5 Å². The Morgan fingerprint density at radius 1 is 1.21 bits per heavy atom. The summed E-state index contributed by atoms with van der Waals surface area (Å²) < 4.78 is 23.4. The average Bonchev–Trinajstić information content (AvgIpc) is 3.46. The molecule has 5 rings (SSSR count). The normalized spacial score (nSPS) is 13.9. The second-order valence-electron chi connectivity index (χ2n) is 7.19. The van der Waals surface area contributed by atoms with Crippen molar-refractivity contribution in [2.45, 2.75) is 25.8 Å². The Hall–Kier alpha value is -3.48. The number of ether oxygens (including phenoxy) is 1. The lowest BCUT2D eigenvalue weighted by atomic mass is 10.2. The Morgan fingerprint density at radius 2 is 1.90 bits per heavy atom. The van der Waals surface area contributed by atoms with Crippen LogP contribution in [0.5, 0.6) is 0 Å². The lowest BCUT2D eigenvalue weighted by Crippen LogP contribution is -2.22. The predicted octanol–water partition coefficient (Wildman–Crippen LogP) is 3.99. The van der Waals surface area contributed by atoms with Crippen LogP contribution in [0.25, 0.3) is 27.6 Å². The van der Waals surface area contributed by atoms with Gasteiger partial charge in [-0.05, 0) is 36.6 Å². The molecule has 0 unspecified atom stereocenters. The minimum absolute atomic E-state index is 0.0837. The molecule has 0 N–H and O–H groups in total. The fraction of sp³-hybridized carbons (Fsp3) is 0.227. The smallest absolute Gasteiger partial charge is 0.343 e. The highest BCUT2D eigenvalue weighted by Crippen LogP contribution is 2.37. The number of aromatic nitrogens is 3. The molecule has 3 aromatic heterocycles. The van der Waals surface area contributed by atoms with Gasteiger partial charge in [0.25, 0.3) is 0 Å². The molecular weight excluding hydrogens is 373 g/mol. The van der Waals surface area contributed by atoms with Crippen molar-refractivity contribution < 1.29 is 13.9 Å². The van der Waals surface area contributed by atoms with Gasteiger partial charge < -0.3 is 13.9 Å². The first-order chi connectivity index (χ1) is 14.1. The lowest BCUT2D eigenvalue weighted by molar-refractivity contribution is 0.0524. The minimum atomic E-state index is -0.699. The fourth-order valence-corrected chi connectivity index (χ4v) is 3.61. The molecule has 0 aliphatic heterocycles. The van der Waals surface area contributed by atoms with Gasteiger partial charge in [-0.2, -0.15) is 0 Å². The molecule has 4 aromatic rings. The minimum Gasteiger partial charge on any atom is -0.462 e. The molecule has 1 aliphatic carbocycles. The van der Waals surface area contributed by atoms with Crippen molar-refractivity contribution in [2.75, 3.05) is 6.61 Å². The number of esters is 1. The molecule has 7 heteroatoms. The molecule has 0 spiro atoms. The monoisotopic (exact) mass is 391 g/mol. The number of rotatable bonds is 4. The van der Waals surface area contributed by atoms with E-state index in [9.17, 15) is 14.0 Å². The van der Waals surface area contributed by atoms with Crippen molar-refractivity contribution in [1.82, 2.24) is 14.1 Å². The molecule has 0 atom stereocenters. The molecule has 0 bridgehead atoms. The second-order valence-corrected chi connectivity index (χ2v) is 7.19. The van der Waals surface area contributed by atoms with Crippen molar-refractivity contribution in [3.63, 3.8) is 0 Å². The van der Waals surface area contributed by atoms with Gasteiger partial charge in [-0.3, -0.25) is 4.79 Å². The van der Waals surface area contributed by atoms with E-state index < -0.39 is 17.2 Å². The Morgan fingerprint density at radius 3 is 2.52 bits per heavy atom. The van der Waals surface area contributed by atoms with Crippen LogP contribution in [0, 0.1) is 5.82 Å². The van der Waals surface area contributed by atoms with Crippen LogP contribution in [0.4, 0.5) is 4.39 Å². The standard InChI is InChI=1S/C22H18FN3O3/c1-2-29-22(28)17-12-26(15-7-8-15)20-16(19(17)27)9-18(23)21(24-20)25-10-13-5-3-4-6-14(13)11-25/h3-6,9-12,15H,2,7-8H2,1H3. The summed E-state index contributed by atoms with van der Waals surface area (Å²) in [5.74, 6) is -1.21. The lowest BCUT2D eigenvalue weighted by Gasteiger charge is -2.13. The van der Waals surface area contributed by atoms with E-state index in [2.05, 4.69) is 4.98 Å². The van der Waals surface area contributed by atoms with Gasteiger partial charge in [0.05, 0.1) is 12.0 Å². The van der Waals surface area contributed by atoms with Crippen LogP contribution >= 0.6 is 0 Å². The maximum Gasteiger partial charge on any atom is 0.343 e. The first kappa shape index (κ1) is 17.6. The molecular formula is C22H18FN3O3. The zero-order valence-corrected chi connectivity index (χ0v) is 15.8. The number of halogens is 1. The largest absolute Gasteiger partial charge is 0.462 e. The molecule has 3 heterocycles. The summed E-state index contributed by atoms with van der Waals surface area (Å²) >= 11 is 0. The van der Waals surface area contributed by atoms with Crippen molar-refractivity contribution in [1.29, 1.82) is 0 Å². The first-order valence-electron chi connectivity index (χ1n) is 9.56. The number of nitrogens with zero attached hydrogens (tertiary/aromatic N) is 3. The third-order valence-electron chi connectivity index (χ3n) is 5.17. The number of hydrogen-bond acceptors (Lipinski definition) is 4. The van der Waals surface area contributed by atoms with E-state index >= 15 is 0 Å². The highest BCUT2D eigenvalue weighted by Gasteiger charge is 2.28. The molecule has 0 radical (unpaired) electrons. The molecule has 29 heavy (non-hydrogen) atoms. The summed E-state index contributed by atoms with van der Waals surface area (Å²) in [7, 11) is 0. The van der Waals surface area contributed by atoms with E-state index in [-0.39, 0.29) is 29.4 Å². The quantitative estimate of drug-likeness (QED) is 0.494. The number of pyridine rings is 2. The van der Waals surface area contributed by atoms with Gasteiger partial charge in [-0.15, -0.1) is 0 Å². The van der Waals surface area contributed by atoms with Crippen LogP contribution in [0.1, 0.15) is 36.2 Å². The first-order valence-corrected chi connectivity index (χ1v) is 9.56. The summed E-state index contributed by atoms with van der Waals surface area (Å²) in [4.78, 5) is 29.6. The average molecular weight is 391 g/mol. The van der Waals surface area contributed by atoms with Crippen molar-refractivity contribution in [2.24, 2.45) is 0 Å². The highest BCUT2D eigenvalue weighted by atomic mass is 19.1. The highest BCUT2D eigenvalue weighted by molar-refractivity contribution is 5.93. The SMILES string of the molecule is CCOC(=O)c1cn(C2CC2)c2nc(-n3cc4ccccc4c3)c(F)cc2c1=O. The fourth-order valence-electron chi connectivity index (χ4n) is 3.61. The third-order valence-corrected chi connectivity index (χ3v) is 5.17. The van der Waals surface area contributed by atoms with Crippen LogP contribution in [0.3, 0.4) is 0 Å². The second kappa shape index (κ2) is 6.55. The van der Waals surface area contributed by atoms with Crippen LogP contribution < -0.4 is 5.43 Å². The van der Waals surface area contributed by atoms with E-state index in [0.717, 1.165) is 23.6 Å². The van der Waals surface area contributed by atoms with E-state index in [1.807, 2.05) is 24.3 Å². The van der Waals surface area contributed by atoms with Gasteiger partial charge in [-0.1, -0.05) is 24.3 Å². The summed E-state index contributed by atoms with van der Waals surface area (Å²) in [6.07, 6.45) is 6.95. The molecule has 6 nitrogen and oxygen atoms in total. The van der Waals surface area contributed by atoms with Crippen LogP contribution in [-0.4, -0.2) is 26.7 Å². The molecule has 1 aliphatic rings. The summed E-state index contributed by atoms with van der Waals surface area (Å²) in [6.45, 7) is 1.83. The van der Waals surface area contributed by atoms with Gasteiger partial charge in [0, 0.05) is 24.6 Å². The van der Waals surface area contributed by atoms with Gasteiger partial charge in [0.1, 0.15) is 11.2 Å². The summed E-state index contributed by atoms with van der Waals surface area (Å²) in [6, 6.07) is 9.02. The van der Waals surface area contributed by atoms with E-state index in [0.29, 0.717) is 5.65 Å². The van der Waals surface area contributed by atoms with Crippen LogP contribution in [0.15, 0.2) is 53.7 Å². The van der Waals surface area contributed by atoms with Gasteiger partial charge in [0.2, 0.25) is 5.43 Å². The Balaban J connectivity index is 1.75. The van der Waals surface area contributed by atoms with E-state index in [1.54, 1.807) is 28.5 Å². The molecule has 1 aromatic carbocycles. The zero-order chi connectivity index (χ0) is 20.1. The Kier molecular flexibility index (Phi) is 3.97. The van der Waals surface area contributed by atoms with E-state index in [1.165, 1.54) is 12.3 Å². The van der Waals surface area contributed by atoms with E-state index in [4.69, 9.17) is 4.74 Å².